The molecule has 2 aliphatic rings. The zero-order valence-electron chi connectivity index (χ0n) is 12.4. The molecule has 1 fully saturated rings. The summed E-state index contributed by atoms with van der Waals surface area (Å²) in [5, 5.41) is 10.6. The van der Waals surface area contributed by atoms with Gasteiger partial charge in [-0.05, 0) is 62.1 Å². The summed E-state index contributed by atoms with van der Waals surface area (Å²) in [5.74, 6) is 1.84. The van der Waals surface area contributed by atoms with Crippen LogP contribution in [-0.2, 0) is 0 Å². The van der Waals surface area contributed by atoms with Gasteiger partial charge in [0.25, 0.3) is 0 Å². The highest BCUT2D eigenvalue weighted by Gasteiger charge is 2.26. The number of rotatable bonds is 4. The molecule has 0 aromatic heterocycles. The summed E-state index contributed by atoms with van der Waals surface area (Å²) < 4.78 is 5.75. The maximum Gasteiger partial charge on any atom is 0.119 e. The molecule has 2 nitrogen and oxygen atoms in total. The average molecular weight is 272 g/mol. The normalized spacial score (nSPS) is 27.9. The molecule has 0 radical (unpaired) electrons. The maximum atomic E-state index is 10.6. The van der Waals surface area contributed by atoms with Crippen LogP contribution in [0.15, 0.2) is 35.9 Å². The fraction of sp³-hybridized carbons (Fsp3) is 0.556. The van der Waals surface area contributed by atoms with Crippen molar-refractivity contribution in [3.63, 3.8) is 0 Å². The van der Waals surface area contributed by atoms with Crippen LogP contribution in [0, 0.1) is 11.8 Å². The first-order chi connectivity index (χ1) is 9.61. The maximum absolute atomic E-state index is 10.6. The molecule has 2 heteroatoms. The molecule has 1 aromatic carbocycles. The van der Waals surface area contributed by atoms with Gasteiger partial charge in [0, 0.05) is 0 Å². The molecular formula is C18H24O2. The Balaban J connectivity index is 1.66. The van der Waals surface area contributed by atoms with Crippen molar-refractivity contribution in [3.05, 3.63) is 41.5 Å². The molecule has 3 unspecified atom stereocenters. The van der Waals surface area contributed by atoms with E-state index >= 15 is 0 Å². The van der Waals surface area contributed by atoms with E-state index in [4.69, 9.17) is 4.74 Å². The van der Waals surface area contributed by atoms with Crippen molar-refractivity contribution in [2.24, 2.45) is 11.8 Å². The fourth-order valence-corrected chi connectivity index (χ4v) is 3.23. The quantitative estimate of drug-likeness (QED) is 0.830. The minimum absolute atomic E-state index is 0.338. The van der Waals surface area contributed by atoms with Crippen LogP contribution in [0.5, 0.6) is 5.75 Å². The summed E-state index contributed by atoms with van der Waals surface area (Å²) in [6.45, 7) is 4.40. The lowest BCUT2D eigenvalue weighted by atomic mass is 9.79. The Morgan fingerprint density at radius 3 is 2.50 bits per heavy atom. The summed E-state index contributed by atoms with van der Waals surface area (Å²) in [6.07, 6.45) is 6.82. The topological polar surface area (TPSA) is 29.5 Å². The van der Waals surface area contributed by atoms with Gasteiger partial charge in [-0.25, -0.2) is 0 Å². The fourth-order valence-electron chi connectivity index (χ4n) is 3.23. The molecule has 3 rings (SSSR count). The van der Waals surface area contributed by atoms with Crippen LogP contribution in [0.1, 0.15) is 51.2 Å². The first-order valence-electron chi connectivity index (χ1n) is 7.74. The lowest BCUT2D eigenvalue weighted by Crippen LogP contribution is -2.19. The van der Waals surface area contributed by atoms with Gasteiger partial charge in [-0.1, -0.05) is 30.7 Å². The SMILES string of the molecule is CC1=CC(C)CC(C(O)c2ccc(OC3CC3)cc2)C1. The van der Waals surface area contributed by atoms with Crippen LogP contribution in [0.3, 0.4) is 0 Å². The first-order valence-corrected chi connectivity index (χ1v) is 7.74. The number of aliphatic hydroxyl groups is 1. The smallest absolute Gasteiger partial charge is 0.119 e. The molecule has 3 atom stereocenters. The molecule has 108 valence electrons. The van der Waals surface area contributed by atoms with Crippen molar-refractivity contribution in [3.8, 4) is 5.75 Å². The third-order valence-corrected chi connectivity index (χ3v) is 4.32. The Labute approximate surface area is 121 Å². The van der Waals surface area contributed by atoms with E-state index in [1.54, 1.807) is 0 Å². The van der Waals surface area contributed by atoms with E-state index in [2.05, 4.69) is 19.9 Å². The van der Waals surface area contributed by atoms with Crippen LogP contribution >= 0.6 is 0 Å². The summed E-state index contributed by atoms with van der Waals surface area (Å²) in [6, 6.07) is 8.01. The van der Waals surface area contributed by atoms with Gasteiger partial charge < -0.3 is 9.84 Å². The second-order valence-corrected chi connectivity index (χ2v) is 6.52. The molecule has 0 spiro atoms. The second kappa shape index (κ2) is 5.61. The van der Waals surface area contributed by atoms with E-state index in [9.17, 15) is 5.11 Å². The highest BCUT2D eigenvalue weighted by Crippen LogP contribution is 2.37. The number of hydrogen-bond donors (Lipinski definition) is 1. The minimum atomic E-state index is -0.365. The number of ether oxygens (including phenoxy) is 1. The van der Waals surface area contributed by atoms with E-state index in [0.29, 0.717) is 17.9 Å². The number of hydrogen-bond acceptors (Lipinski definition) is 2. The minimum Gasteiger partial charge on any atom is -0.490 e. The molecule has 0 heterocycles. The lowest BCUT2D eigenvalue weighted by molar-refractivity contribution is 0.0932. The zero-order chi connectivity index (χ0) is 14.1. The third kappa shape index (κ3) is 3.24. The van der Waals surface area contributed by atoms with Crippen molar-refractivity contribution >= 4 is 0 Å². The Hall–Kier alpha value is -1.28. The molecule has 1 saturated carbocycles. The average Bonchev–Trinajstić information content (AvgIpc) is 3.22. The summed E-state index contributed by atoms with van der Waals surface area (Å²) in [4.78, 5) is 0. The molecule has 20 heavy (non-hydrogen) atoms. The summed E-state index contributed by atoms with van der Waals surface area (Å²) in [7, 11) is 0. The Morgan fingerprint density at radius 2 is 1.90 bits per heavy atom. The van der Waals surface area contributed by atoms with Gasteiger partial charge in [-0.3, -0.25) is 0 Å². The van der Waals surface area contributed by atoms with Gasteiger partial charge in [0.05, 0.1) is 12.2 Å². The van der Waals surface area contributed by atoms with Crippen LogP contribution in [0.4, 0.5) is 0 Å². The molecule has 0 amide bonds. The van der Waals surface area contributed by atoms with Crippen molar-refractivity contribution < 1.29 is 9.84 Å². The first kappa shape index (κ1) is 13.7. The monoisotopic (exact) mass is 272 g/mol. The van der Waals surface area contributed by atoms with Crippen molar-refractivity contribution in [1.29, 1.82) is 0 Å². The third-order valence-electron chi connectivity index (χ3n) is 4.32. The van der Waals surface area contributed by atoms with E-state index in [1.165, 1.54) is 18.4 Å². The van der Waals surface area contributed by atoms with E-state index < -0.39 is 0 Å². The highest BCUT2D eigenvalue weighted by atomic mass is 16.5. The highest BCUT2D eigenvalue weighted by molar-refractivity contribution is 5.29. The van der Waals surface area contributed by atoms with Gasteiger partial charge >= 0.3 is 0 Å². The van der Waals surface area contributed by atoms with Crippen molar-refractivity contribution in [1.82, 2.24) is 0 Å². The molecule has 0 aliphatic heterocycles. The lowest BCUT2D eigenvalue weighted by Gasteiger charge is -2.29. The molecule has 1 N–H and O–H groups in total. The molecule has 1 aromatic rings. The number of benzene rings is 1. The van der Waals surface area contributed by atoms with Gasteiger partial charge in [0.15, 0.2) is 0 Å². The second-order valence-electron chi connectivity index (χ2n) is 6.52. The zero-order valence-corrected chi connectivity index (χ0v) is 12.4. The van der Waals surface area contributed by atoms with Crippen LogP contribution in [-0.4, -0.2) is 11.2 Å². The van der Waals surface area contributed by atoms with Crippen LogP contribution < -0.4 is 4.74 Å². The number of allylic oxidation sites excluding steroid dienone is 2. The molecule has 0 bridgehead atoms. The largest absolute Gasteiger partial charge is 0.490 e. The van der Waals surface area contributed by atoms with Gasteiger partial charge in [0.1, 0.15) is 5.75 Å². The van der Waals surface area contributed by atoms with Crippen molar-refractivity contribution in [2.75, 3.05) is 0 Å². The summed E-state index contributed by atoms with van der Waals surface area (Å²) >= 11 is 0. The van der Waals surface area contributed by atoms with Crippen LogP contribution in [0.2, 0.25) is 0 Å². The van der Waals surface area contributed by atoms with E-state index in [0.717, 1.165) is 24.2 Å². The van der Waals surface area contributed by atoms with Gasteiger partial charge in [0.2, 0.25) is 0 Å². The predicted molar refractivity (Wildman–Crippen MR) is 80.7 cm³/mol. The Morgan fingerprint density at radius 1 is 1.20 bits per heavy atom. The van der Waals surface area contributed by atoms with E-state index in [-0.39, 0.29) is 6.10 Å². The Bertz CT molecular complexity index is 485. The molecule has 0 saturated heterocycles. The van der Waals surface area contributed by atoms with E-state index in [1.807, 2.05) is 24.3 Å². The molecular weight excluding hydrogens is 248 g/mol. The van der Waals surface area contributed by atoms with Gasteiger partial charge in [-0.15, -0.1) is 0 Å². The predicted octanol–water partition coefficient (Wildman–Crippen LogP) is 4.25. The Kier molecular flexibility index (Phi) is 3.84. The molecule has 2 aliphatic carbocycles. The summed E-state index contributed by atoms with van der Waals surface area (Å²) in [5.41, 5.74) is 2.42. The standard InChI is InChI=1S/C18H24O2/c1-12-9-13(2)11-15(10-12)18(19)14-3-5-16(6-4-14)20-17-7-8-17/h3-6,9,12,15,17-19H,7-8,10-11H2,1-2H3. The van der Waals surface area contributed by atoms with Crippen molar-refractivity contribution in [2.45, 2.75) is 51.7 Å². The van der Waals surface area contributed by atoms with Gasteiger partial charge in [-0.2, -0.15) is 0 Å². The number of aliphatic hydroxyl groups excluding tert-OH is 1. The van der Waals surface area contributed by atoms with Crippen LogP contribution in [0.25, 0.3) is 0 Å².